The molecule has 0 bridgehead atoms. The predicted octanol–water partition coefficient (Wildman–Crippen LogP) is 4.90. The number of anilines is 2. The molecule has 190 valence electrons. The number of nitrogens with zero attached hydrogens (tertiary/aromatic N) is 4. The van der Waals surface area contributed by atoms with Crippen LogP contribution in [0.2, 0.25) is 0 Å². The molecule has 1 N–H and O–H groups in total. The van der Waals surface area contributed by atoms with Crippen molar-refractivity contribution in [2.75, 3.05) is 37.2 Å². The summed E-state index contributed by atoms with van der Waals surface area (Å²) in [6.07, 6.45) is 4.55. The molecule has 1 amide bonds. The van der Waals surface area contributed by atoms with Gasteiger partial charge < -0.3 is 15.0 Å². The van der Waals surface area contributed by atoms with E-state index < -0.39 is 5.97 Å². The molecule has 0 fully saturated rings. The van der Waals surface area contributed by atoms with Crippen molar-refractivity contribution < 1.29 is 14.3 Å². The number of thioether (sulfide) groups is 1. The number of carbonyl (C=O) groups is 2. The van der Waals surface area contributed by atoms with Crippen LogP contribution in [-0.4, -0.2) is 53.6 Å². The van der Waals surface area contributed by atoms with Crippen LogP contribution in [-0.2, 0) is 28.9 Å². The molecule has 0 saturated heterocycles. The van der Waals surface area contributed by atoms with E-state index in [1.807, 2.05) is 47.8 Å². The third kappa shape index (κ3) is 5.49. The van der Waals surface area contributed by atoms with Gasteiger partial charge in [0.1, 0.15) is 5.00 Å². The smallest absolute Gasteiger partial charge is 0.341 e. The number of rotatable bonds is 9. The number of hydrogen-bond acceptors (Lipinski definition) is 8. The zero-order chi connectivity index (χ0) is 25.8. The summed E-state index contributed by atoms with van der Waals surface area (Å²) in [4.78, 5) is 28.6. The molecule has 1 aliphatic carbocycles. The summed E-state index contributed by atoms with van der Waals surface area (Å²) in [6, 6.07) is 8.08. The Morgan fingerprint density at radius 1 is 1.31 bits per heavy atom. The van der Waals surface area contributed by atoms with Crippen LogP contribution in [0, 0.1) is 5.92 Å². The van der Waals surface area contributed by atoms with Crippen LogP contribution in [0.15, 0.2) is 42.1 Å². The Morgan fingerprint density at radius 2 is 2.06 bits per heavy atom. The lowest BCUT2D eigenvalue weighted by molar-refractivity contribution is -0.113. The standard InChI is InChI=1S/C26H31N5O3S2/c1-6-13-31-23(17-8-10-18(11-9-17)30(3)4)28-29-26(31)35-15-21(32)27-24-22(25(33)34-5)19-12-7-16(2)14-20(19)36-24/h6,8-11,16H,1,7,12-15H2,2-5H3,(H,27,32). The lowest BCUT2D eigenvalue weighted by atomic mass is 9.88. The second kappa shape index (κ2) is 11.3. The fourth-order valence-electron chi connectivity index (χ4n) is 4.26. The lowest BCUT2D eigenvalue weighted by Gasteiger charge is -2.18. The third-order valence-electron chi connectivity index (χ3n) is 6.16. The number of ether oxygens (including phenoxy) is 1. The maximum absolute atomic E-state index is 12.9. The molecule has 0 radical (unpaired) electrons. The molecule has 0 aliphatic heterocycles. The van der Waals surface area contributed by atoms with E-state index in [-0.39, 0.29) is 11.7 Å². The fourth-order valence-corrected chi connectivity index (χ4v) is 6.42. The molecule has 2 heterocycles. The monoisotopic (exact) mass is 525 g/mol. The molecule has 1 atom stereocenters. The van der Waals surface area contributed by atoms with Crippen LogP contribution >= 0.6 is 23.1 Å². The van der Waals surface area contributed by atoms with Crippen molar-refractivity contribution in [1.82, 2.24) is 14.8 Å². The first-order chi connectivity index (χ1) is 17.3. The van der Waals surface area contributed by atoms with Crippen molar-refractivity contribution in [3.05, 3.63) is 52.9 Å². The van der Waals surface area contributed by atoms with Crippen molar-refractivity contribution in [3.63, 3.8) is 0 Å². The van der Waals surface area contributed by atoms with Crippen molar-refractivity contribution >= 4 is 45.7 Å². The Kier molecular flexibility index (Phi) is 8.15. The van der Waals surface area contributed by atoms with Crippen molar-refractivity contribution in [2.45, 2.75) is 37.9 Å². The summed E-state index contributed by atoms with van der Waals surface area (Å²) in [7, 11) is 5.36. The molecule has 1 aromatic carbocycles. The number of benzene rings is 1. The number of methoxy groups -OCH3 is 1. The average Bonchev–Trinajstić information content (AvgIpc) is 3.42. The van der Waals surface area contributed by atoms with E-state index >= 15 is 0 Å². The van der Waals surface area contributed by atoms with Crippen LogP contribution in [0.5, 0.6) is 0 Å². The van der Waals surface area contributed by atoms with Crippen molar-refractivity contribution in [1.29, 1.82) is 0 Å². The van der Waals surface area contributed by atoms with Gasteiger partial charge in [0.2, 0.25) is 5.91 Å². The van der Waals surface area contributed by atoms with E-state index in [2.05, 4.69) is 29.0 Å². The molecule has 1 unspecified atom stereocenters. The van der Waals surface area contributed by atoms with Gasteiger partial charge in [-0.15, -0.1) is 28.1 Å². The number of aromatic nitrogens is 3. The number of nitrogens with one attached hydrogen (secondary N) is 1. The Morgan fingerprint density at radius 3 is 2.72 bits per heavy atom. The zero-order valence-electron chi connectivity index (χ0n) is 21.0. The lowest BCUT2D eigenvalue weighted by Crippen LogP contribution is -2.17. The maximum atomic E-state index is 12.9. The maximum Gasteiger partial charge on any atom is 0.341 e. The van der Waals surface area contributed by atoms with Crippen molar-refractivity contribution in [3.8, 4) is 11.4 Å². The molecule has 36 heavy (non-hydrogen) atoms. The summed E-state index contributed by atoms with van der Waals surface area (Å²) >= 11 is 2.79. The Hall–Kier alpha value is -3.11. The minimum Gasteiger partial charge on any atom is -0.465 e. The van der Waals surface area contributed by atoms with Gasteiger partial charge in [0.25, 0.3) is 0 Å². The highest BCUT2D eigenvalue weighted by molar-refractivity contribution is 7.99. The number of carbonyl (C=O) groups excluding carboxylic acids is 2. The van der Waals surface area contributed by atoms with Crippen molar-refractivity contribution in [2.24, 2.45) is 5.92 Å². The van der Waals surface area contributed by atoms with E-state index in [1.54, 1.807) is 6.08 Å². The Balaban J connectivity index is 1.50. The third-order valence-corrected chi connectivity index (χ3v) is 8.29. The van der Waals surface area contributed by atoms with Gasteiger partial charge in [-0.25, -0.2) is 4.79 Å². The number of esters is 1. The molecule has 8 nitrogen and oxygen atoms in total. The minimum absolute atomic E-state index is 0.133. The molecular formula is C26H31N5O3S2. The van der Waals surface area contributed by atoms with E-state index in [0.29, 0.717) is 28.2 Å². The number of hydrogen-bond donors (Lipinski definition) is 1. The van der Waals surface area contributed by atoms with Gasteiger partial charge in [-0.3, -0.25) is 9.36 Å². The first kappa shape index (κ1) is 26.0. The SMILES string of the molecule is C=CCn1c(SCC(=O)Nc2sc3c(c2C(=O)OC)CCC(C)C3)nnc1-c1ccc(N(C)C)cc1. The van der Waals surface area contributed by atoms with E-state index in [9.17, 15) is 9.59 Å². The van der Waals surface area contributed by atoms with E-state index in [4.69, 9.17) is 4.74 Å². The van der Waals surface area contributed by atoms with E-state index in [0.717, 1.165) is 46.8 Å². The highest BCUT2D eigenvalue weighted by atomic mass is 32.2. The van der Waals surface area contributed by atoms with Crippen LogP contribution in [0.1, 0.15) is 34.1 Å². The number of fused-ring (bicyclic) bond motifs is 1. The molecule has 10 heteroatoms. The molecule has 0 spiro atoms. The predicted molar refractivity (Wildman–Crippen MR) is 146 cm³/mol. The summed E-state index contributed by atoms with van der Waals surface area (Å²) in [5.74, 6) is 0.804. The highest BCUT2D eigenvalue weighted by Crippen LogP contribution is 2.40. The highest BCUT2D eigenvalue weighted by Gasteiger charge is 2.29. The quantitative estimate of drug-likeness (QED) is 0.241. The molecule has 4 rings (SSSR count). The van der Waals surface area contributed by atoms with Crippen LogP contribution < -0.4 is 10.2 Å². The van der Waals surface area contributed by atoms with Gasteiger partial charge in [0.15, 0.2) is 11.0 Å². The molecule has 2 aromatic heterocycles. The molecular weight excluding hydrogens is 494 g/mol. The van der Waals surface area contributed by atoms with Gasteiger partial charge in [0.05, 0.1) is 18.4 Å². The fraction of sp³-hybridized carbons (Fsp3) is 0.385. The molecule has 0 saturated carbocycles. The van der Waals surface area contributed by atoms with Crippen LogP contribution in [0.3, 0.4) is 0 Å². The second-order valence-electron chi connectivity index (χ2n) is 9.03. The average molecular weight is 526 g/mol. The summed E-state index contributed by atoms with van der Waals surface area (Å²) in [5.41, 5.74) is 3.55. The molecule has 3 aromatic rings. The minimum atomic E-state index is -0.402. The van der Waals surface area contributed by atoms with E-state index in [1.165, 1.54) is 30.2 Å². The topological polar surface area (TPSA) is 89.3 Å². The number of allylic oxidation sites excluding steroid dienone is 1. The normalized spacial score (nSPS) is 14.7. The number of thiophene rings is 1. The van der Waals surface area contributed by atoms with Crippen LogP contribution in [0.25, 0.3) is 11.4 Å². The van der Waals surface area contributed by atoms with Gasteiger partial charge >= 0.3 is 5.97 Å². The zero-order valence-corrected chi connectivity index (χ0v) is 22.7. The van der Waals surface area contributed by atoms with Gasteiger partial charge in [0, 0.05) is 36.8 Å². The van der Waals surface area contributed by atoms with Gasteiger partial charge in [-0.2, -0.15) is 0 Å². The summed E-state index contributed by atoms with van der Waals surface area (Å²) in [5, 5.41) is 12.9. The first-order valence-electron chi connectivity index (χ1n) is 11.8. The van der Waals surface area contributed by atoms with Crippen LogP contribution in [0.4, 0.5) is 10.7 Å². The van der Waals surface area contributed by atoms with Gasteiger partial charge in [-0.05, 0) is 55.0 Å². The Labute approximate surface area is 219 Å². The largest absolute Gasteiger partial charge is 0.465 e. The number of amides is 1. The Bertz CT molecular complexity index is 1260. The first-order valence-corrected chi connectivity index (χ1v) is 13.6. The second-order valence-corrected chi connectivity index (χ2v) is 11.1. The van der Waals surface area contributed by atoms with Gasteiger partial charge in [-0.1, -0.05) is 24.8 Å². The summed E-state index contributed by atoms with van der Waals surface area (Å²) in [6.45, 7) is 6.58. The molecule has 1 aliphatic rings. The summed E-state index contributed by atoms with van der Waals surface area (Å²) < 4.78 is 6.97.